The molecule has 0 saturated heterocycles. The highest BCUT2D eigenvalue weighted by atomic mass is 16.3. The van der Waals surface area contributed by atoms with Crippen LogP contribution in [0.1, 0.15) is 30.7 Å². The van der Waals surface area contributed by atoms with Crippen LogP contribution < -0.4 is 10.6 Å². The molecule has 1 saturated carbocycles. The zero-order valence-electron chi connectivity index (χ0n) is 10.5. The van der Waals surface area contributed by atoms with E-state index in [1.54, 1.807) is 0 Å². The van der Waals surface area contributed by atoms with E-state index in [1.807, 2.05) is 13.8 Å². The molecule has 0 spiro atoms. The van der Waals surface area contributed by atoms with E-state index in [-0.39, 0.29) is 6.61 Å². The van der Waals surface area contributed by atoms with Gasteiger partial charge in [0.05, 0.1) is 6.61 Å². The van der Waals surface area contributed by atoms with Crippen LogP contribution in [0.5, 0.6) is 0 Å². The Kier molecular flexibility index (Phi) is 3.47. The summed E-state index contributed by atoms with van der Waals surface area (Å²) in [5, 5.41) is 9.18. The number of nitrogens with two attached hydrogens (primary N) is 1. The quantitative estimate of drug-likeness (QED) is 0.816. The van der Waals surface area contributed by atoms with Gasteiger partial charge < -0.3 is 15.7 Å². The van der Waals surface area contributed by atoms with E-state index < -0.39 is 0 Å². The van der Waals surface area contributed by atoms with Crippen LogP contribution in [0.15, 0.2) is 0 Å². The maximum absolute atomic E-state index is 9.18. The zero-order valence-corrected chi connectivity index (χ0v) is 10.5. The first-order valence-corrected chi connectivity index (χ1v) is 6.11. The number of nitrogens with zero attached hydrogens (tertiary/aromatic N) is 3. The maximum atomic E-state index is 9.18. The number of anilines is 2. The molecular formula is C12H20N4O. The van der Waals surface area contributed by atoms with Crippen LogP contribution >= 0.6 is 0 Å². The normalized spacial score (nSPS) is 15.7. The Bertz CT molecular complexity index is 404. The van der Waals surface area contributed by atoms with E-state index in [0.717, 1.165) is 11.4 Å². The second-order valence-corrected chi connectivity index (χ2v) is 4.61. The summed E-state index contributed by atoms with van der Waals surface area (Å²) in [5.74, 6) is 2.11. The maximum Gasteiger partial charge on any atom is 0.137 e. The van der Waals surface area contributed by atoms with Crippen molar-refractivity contribution in [1.29, 1.82) is 0 Å². The number of hydrogen-bond donors (Lipinski definition) is 2. The predicted molar refractivity (Wildman–Crippen MR) is 68.0 cm³/mol. The van der Waals surface area contributed by atoms with Crippen LogP contribution in [0.3, 0.4) is 0 Å². The molecule has 5 heteroatoms. The van der Waals surface area contributed by atoms with E-state index in [4.69, 9.17) is 5.73 Å². The average molecular weight is 236 g/mol. The number of rotatable bonds is 4. The van der Waals surface area contributed by atoms with Gasteiger partial charge >= 0.3 is 0 Å². The number of hydrogen-bond acceptors (Lipinski definition) is 5. The summed E-state index contributed by atoms with van der Waals surface area (Å²) >= 11 is 0. The molecule has 3 N–H and O–H groups in total. The van der Waals surface area contributed by atoms with Crippen molar-refractivity contribution in [2.24, 2.45) is 0 Å². The van der Waals surface area contributed by atoms with Gasteiger partial charge in [0, 0.05) is 18.2 Å². The number of nitrogen functional groups attached to an aromatic ring is 1. The van der Waals surface area contributed by atoms with Gasteiger partial charge in [-0.3, -0.25) is 0 Å². The molecule has 1 fully saturated rings. The average Bonchev–Trinajstić information content (AvgIpc) is 2.20. The summed E-state index contributed by atoms with van der Waals surface area (Å²) < 4.78 is 0. The van der Waals surface area contributed by atoms with E-state index in [9.17, 15) is 5.11 Å². The lowest BCUT2D eigenvalue weighted by molar-refractivity contribution is 0.282. The number of aromatic nitrogens is 2. The Morgan fingerprint density at radius 1 is 1.35 bits per heavy atom. The monoisotopic (exact) mass is 236 g/mol. The standard InChI is InChI=1S/C12H20N4O/c1-8-11(13)14-9(2)15-12(8)16(6-7-17)10-4-3-5-10/h10,17H,3-7H2,1-2H3,(H2,13,14,15). The molecule has 1 aliphatic carbocycles. The molecule has 5 nitrogen and oxygen atoms in total. The fourth-order valence-corrected chi connectivity index (χ4v) is 2.18. The Morgan fingerprint density at radius 3 is 2.59 bits per heavy atom. The predicted octanol–water partition coefficient (Wildman–Crippen LogP) is 1.03. The van der Waals surface area contributed by atoms with Crippen molar-refractivity contribution >= 4 is 11.6 Å². The largest absolute Gasteiger partial charge is 0.395 e. The fourth-order valence-electron chi connectivity index (χ4n) is 2.18. The van der Waals surface area contributed by atoms with Gasteiger partial charge in [0.1, 0.15) is 17.5 Å². The van der Waals surface area contributed by atoms with Gasteiger partial charge in [-0.1, -0.05) is 0 Å². The van der Waals surface area contributed by atoms with Gasteiger partial charge in [0.15, 0.2) is 0 Å². The van der Waals surface area contributed by atoms with Crippen LogP contribution in [-0.4, -0.2) is 34.3 Å². The Morgan fingerprint density at radius 2 is 2.06 bits per heavy atom. The van der Waals surface area contributed by atoms with Crippen LogP contribution in [0.4, 0.5) is 11.6 Å². The van der Waals surface area contributed by atoms with Gasteiger partial charge in [0.2, 0.25) is 0 Å². The third-order valence-corrected chi connectivity index (χ3v) is 3.40. The lowest BCUT2D eigenvalue weighted by Crippen LogP contribution is -2.43. The first-order valence-electron chi connectivity index (χ1n) is 6.11. The molecule has 1 aliphatic rings. The van der Waals surface area contributed by atoms with Gasteiger partial charge in [-0.25, -0.2) is 9.97 Å². The van der Waals surface area contributed by atoms with E-state index in [0.29, 0.717) is 24.2 Å². The van der Waals surface area contributed by atoms with Crippen LogP contribution in [0.25, 0.3) is 0 Å². The molecule has 94 valence electrons. The molecule has 0 aromatic carbocycles. The Hall–Kier alpha value is -1.36. The fraction of sp³-hybridized carbons (Fsp3) is 0.667. The molecule has 0 bridgehead atoms. The van der Waals surface area contributed by atoms with Crippen LogP contribution in [0.2, 0.25) is 0 Å². The first-order chi connectivity index (χ1) is 8.13. The summed E-state index contributed by atoms with van der Waals surface area (Å²) in [7, 11) is 0. The second-order valence-electron chi connectivity index (χ2n) is 4.61. The van der Waals surface area contributed by atoms with E-state index in [1.165, 1.54) is 19.3 Å². The lowest BCUT2D eigenvalue weighted by atomic mass is 9.91. The Balaban J connectivity index is 2.34. The molecule has 1 aromatic heterocycles. The van der Waals surface area contributed by atoms with Gasteiger partial charge in [-0.15, -0.1) is 0 Å². The molecule has 1 aromatic rings. The number of aliphatic hydroxyl groups excluding tert-OH is 1. The first kappa shape index (κ1) is 12.1. The Labute approximate surface area is 102 Å². The van der Waals surface area contributed by atoms with Crippen molar-refractivity contribution in [3.8, 4) is 0 Å². The van der Waals surface area contributed by atoms with Crippen LogP contribution in [0, 0.1) is 13.8 Å². The lowest BCUT2D eigenvalue weighted by Gasteiger charge is -2.39. The van der Waals surface area contributed by atoms with Crippen molar-refractivity contribution in [1.82, 2.24) is 9.97 Å². The highest BCUT2D eigenvalue weighted by molar-refractivity contribution is 5.57. The SMILES string of the molecule is Cc1nc(N)c(C)c(N(CCO)C2CCC2)n1. The summed E-state index contributed by atoms with van der Waals surface area (Å²) in [6.45, 7) is 4.53. The third-order valence-electron chi connectivity index (χ3n) is 3.40. The smallest absolute Gasteiger partial charge is 0.137 e. The van der Waals surface area contributed by atoms with Gasteiger partial charge in [0.25, 0.3) is 0 Å². The summed E-state index contributed by atoms with van der Waals surface area (Å²) in [6.07, 6.45) is 3.59. The minimum Gasteiger partial charge on any atom is -0.395 e. The zero-order chi connectivity index (χ0) is 12.4. The number of aryl methyl sites for hydroxylation is 1. The molecule has 0 atom stereocenters. The van der Waals surface area contributed by atoms with Crippen molar-refractivity contribution in [2.75, 3.05) is 23.8 Å². The molecule has 1 heterocycles. The van der Waals surface area contributed by atoms with Gasteiger partial charge in [-0.2, -0.15) is 0 Å². The minimum absolute atomic E-state index is 0.138. The summed E-state index contributed by atoms with van der Waals surface area (Å²) in [4.78, 5) is 10.8. The third kappa shape index (κ3) is 2.34. The summed E-state index contributed by atoms with van der Waals surface area (Å²) in [6, 6.07) is 0.495. The van der Waals surface area contributed by atoms with Crippen molar-refractivity contribution < 1.29 is 5.11 Å². The molecule has 0 amide bonds. The molecular weight excluding hydrogens is 216 g/mol. The van der Waals surface area contributed by atoms with E-state index in [2.05, 4.69) is 14.9 Å². The molecule has 0 aliphatic heterocycles. The molecule has 2 rings (SSSR count). The van der Waals surface area contributed by atoms with Gasteiger partial charge in [-0.05, 0) is 33.1 Å². The molecule has 17 heavy (non-hydrogen) atoms. The molecule has 0 unspecified atom stereocenters. The second kappa shape index (κ2) is 4.87. The van der Waals surface area contributed by atoms with Crippen molar-refractivity contribution in [3.05, 3.63) is 11.4 Å². The molecule has 0 radical (unpaired) electrons. The summed E-state index contributed by atoms with van der Waals surface area (Å²) in [5.41, 5.74) is 6.79. The highest BCUT2D eigenvalue weighted by Crippen LogP contribution is 2.31. The minimum atomic E-state index is 0.138. The van der Waals surface area contributed by atoms with Crippen molar-refractivity contribution in [3.63, 3.8) is 0 Å². The van der Waals surface area contributed by atoms with Crippen LogP contribution in [-0.2, 0) is 0 Å². The van der Waals surface area contributed by atoms with E-state index >= 15 is 0 Å². The van der Waals surface area contributed by atoms with Crippen molar-refractivity contribution in [2.45, 2.75) is 39.2 Å². The highest BCUT2D eigenvalue weighted by Gasteiger charge is 2.27. The topological polar surface area (TPSA) is 75.3 Å². The number of aliphatic hydroxyl groups is 1.